The maximum absolute atomic E-state index is 5.09. The standard InChI is InChI=1S/C38H25N5/c1-3-8-27-25(26-19-22-42-37-28(26)15-13-23-9-6-20-40-34(23)37)17-18-30(36(27)39-2)33-29-11-4-5-12-32(29)43-38-31(33)16-14-24-10-7-21-41-35(24)38/h3-22H,2H2,1H3/b8-3-. The molecule has 0 bridgehead atoms. The van der Waals surface area contributed by atoms with Crippen molar-refractivity contribution in [3.05, 3.63) is 121 Å². The Hall–Kier alpha value is -5.81. The lowest BCUT2D eigenvalue weighted by atomic mass is 9.88. The van der Waals surface area contributed by atoms with Crippen LogP contribution in [0, 0.1) is 0 Å². The normalized spacial score (nSPS) is 11.8. The van der Waals surface area contributed by atoms with Crippen LogP contribution in [0.15, 0.2) is 121 Å². The van der Waals surface area contributed by atoms with Crippen LogP contribution < -0.4 is 0 Å². The number of fused-ring (bicyclic) bond motifs is 7. The summed E-state index contributed by atoms with van der Waals surface area (Å²) in [6.07, 6.45) is 9.68. The van der Waals surface area contributed by atoms with Crippen LogP contribution in [0.5, 0.6) is 0 Å². The van der Waals surface area contributed by atoms with Crippen LogP contribution in [0.2, 0.25) is 0 Å². The third kappa shape index (κ3) is 3.82. The summed E-state index contributed by atoms with van der Waals surface area (Å²) in [5.41, 5.74) is 10.5. The topological polar surface area (TPSA) is 63.9 Å². The zero-order valence-electron chi connectivity index (χ0n) is 23.5. The van der Waals surface area contributed by atoms with Gasteiger partial charge in [0.25, 0.3) is 0 Å². The summed E-state index contributed by atoms with van der Waals surface area (Å²) in [7, 11) is 0. The van der Waals surface area contributed by atoms with E-state index in [4.69, 9.17) is 19.9 Å². The minimum Gasteiger partial charge on any atom is -0.263 e. The molecule has 0 aliphatic rings. The molecule has 202 valence electrons. The number of hydrogen-bond acceptors (Lipinski definition) is 5. The van der Waals surface area contributed by atoms with Gasteiger partial charge in [0, 0.05) is 62.2 Å². The second-order valence-electron chi connectivity index (χ2n) is 10.5. The summed E-state index contributed by atoms with van der Waals surface area (Å²) < 4.78 is 0. The number of aliphatic imine (C=N–C) groups is 1. The van der Waals surface area contributed by atoms with Crippen molar-refractivity contribution in [3.8, 4) is 22.3 Å². The molecular weight excluding hydrogens is 526 g/mol. The van der Waals surface area contributed by atoms with Crippen molar-refractivity contribution < 1.29 is 0 Å². The Morgan fingerprint density at radius 1 is 0.581 bits per heavy atom. The minimum atomic E-state index is 0.818. The van der Waals surface area contributed by atoms with E-state index in [2.05, 4.69) is 96.6 Å². The van der Waals surface area contributed by atoms with Crippen LogP contribution in [-0.2, 0) is 0 Å². The average molecular weight is 552 g/mol. The molecule has 0 N–H and O–H groups in total. The second-order valence-corrected chi connectivity index (χ2v) is 10.5. The maximum atomic E-state index is 5.09. The minimum absolute atomic E-state index is 0.818. The zero-order chi connectivity index (χ0) is 28.9. The van der Waals surface area contributed by atoms with E-state index >= 15 is 0 Å². The third-order valence-corrected chi connectivity index (χ3v) is 8.17. The van der Waals surface area contributed by atoms with Gasteiger partial charge in [0.15, 0.2) is 0 Å². The number of para-hydroxylation sites is 1. The van der Waals surface area contributed by atoms with Gasteiger partial charge in [-0.05, 0) is 49.0 Å². The molecule has 0 amide bonds. The highest BCUT2D eigenvalue weighted by molar-refractivity contribution is 6.18. The first-order valence-corrected chi connectivity index (χ1v) is 14.2. The summed E-state index contributed by atoms with van der Waals surface area (Å²) >= 11 is 0. The van der Waals surface area contributed by atoms with Crippen LogP contribution in [-0.4, -0.2) is 26.7 Å². The van der Waals surface area contributed by atoms with Crippen LogP contribution in [0.4, 0.5) is 5.69 Å². The molecule has 4 aromatic carbocycles. The molecule has 0 radical (unpaired) electrons. The quantitative estimate of drug-likeness (QED) is 0.124. The second kappa shape index (κ2) is 9.93. The van der Waals surface area contributed by atoms with E-state index in [1.807, 2.05) is 43.7 Å². The van der Waals surface area contributed by atoms with Gasteiger partial charge < -0.3 is 0 Å². The lowest BCUT2D eigenvalue weighted by molar-refractivity contribution is 1.37. The molecular formula is C38H25N5. The lowest BCUT2D eigenvalue weighted by Gasteiger charge is -2.18. The molecule has 5 heteroatoms. The monoisotopic (exact) mass is 551 g/mol. The van der Waals surface area contributed by atoms with E-state index in [-0.39, 0.29) is 0 Å². The van der Waals surface area contributed by atoms with Gasteiger partial charge in [-0.25, -0.2) is 4.98 Å². The Kier molecular flexibility index (Phi) is 5.76. The van der Waals surface area contributed by atoms with Gasteiger partial charge in [0.1, 0.15) is 0 Å². The number of nitrogens with zero attached hydrogens (tertiary/aromatic N) is 5. The number of benzene rings is 4. The molecule has 5 nitrogen and oxygen atoms in total. The largest absolute Gasteiger partial charge is 0.263 e. The first kappa shape index (κ1) is 24.9. The predicted molar refractivity (Wildman–Crippen MR) is 180 cm³/mol. The molecule has 0 spiro atoms. The number of pyridine rings is 4. The van der Waals surface area contributed by atoms with E-state index in [1.165, 1.54) is 0 Å². The van der Waals surface area contributed by atoms with Gasteiger partial charge >= 0.3 is 0 Å². The Balaban J connectivity index is 1.47. The fourth-order valence-corrected chi connectivity index (χ4v) is 6.32. The third-order valence-electron chi connectivity index (χ3n) is 8.17. The first-order chi connectivity index (χ1) is 21.3. The van der Waals surface area contributed by atoms with Gasteiger partial charge in [0.05, 0.1) is 33.3 Å². The summed E-state index contributed by atoms with van der Waals surface area (Å²) in [6.45, 7) is 6.10. The van der Waals surface area contributed by atoms with E-state index in [9.17, 15) is 0 Å². The van der Waals surface area contributed by atoms with Gasteiger partial charge in [-0.3, -0.25) is 19.9 Å². The first-order valence-electron chi connectivity index (χ1n) is 14.2. The molecule has 0 saturated carbocycles. The number of hydrogen-bond donors (Lipinski definition) is 0. The Labute approximate surface area is 247 Å². The molecule has 0 unspecified atom stereocenters. The summed E-state index contributed by atoms with van der Waals surface area (Å²) in [5.74, 6) is 0. The van der Waals surface area contributed by atoms with Crippen molar-refractivity contribution >= 4 is 73.0 Å². The maximum Gasteiger partial charge on any atom is 0.0978 e. The number of aromatic nitrogens is 4. The van der Waals surface area contributed by atoms with Crippen molar-refractivity contribution in [1.82, 2.24) is 19.9 Å². The van der Waals surface area contributed by atoms with E-state index in [0.717, 1.165) is 88.0 Å². The molecule has 0 atom stereocenters. The van der Waals surface area contributed by atoms with E-state index in [0.29, 0.717) is 0 Å². The van der Waals surface area contributed by atoms with Gasteiger partial charge in [0.2, 0.25) is 0 Å². The van der Waals surface area contributed by atoms with Crippen LogP contribution in [0.3, 0.4) is 0 Å². The smallest absolute Gasteiger partial charge is 0.0978 e. The number of allylic oxidation sites excluding steroid dienone is 1. The Bertz CT molecular complexity index is 2440. The predicted octanol–water partition coefficient (Wildman–Crippen LogP) is 9.73. The van der Waals surface area contributed by atoms with Crippen LogP contribution in [0.25, 0.3) is 82.8 Å². The van der Waals surface area contributed by atoms with Gasteiger partial charge in [-0.1, -0.05) is 78.9 Å². The molecule has 8 rings (SSSR count). The lowest BCUT2D eigenvalue weighted by Crippen LogP contribution is -1.95. The highest BCUT2D eigenvalue weighted by atomic mass is 14.8. The fourth-order valence-electron chi connectivity index (χ4n) is 6.32. The molecule has 0 aliphatic carbocycles. The average Bonchev–Trinajstić information content (AvgIpc) is 3.07. The fraction of sp³-hybridized carbons (Fsp3) is 0.0263. The summed E-state index contributed by atoms with van der Waals surface area (Å²) in [5, 5.41) is 5.25. The van der Waals surface area contributed by atoms with Crippen LogP contribution >= 0.6 is 0 Å². The highest BCUT2D eigenvalue weighted by Crippen LogP contribution is 2.46. The van der Waals surface area contributed by atoms with Crippen molar-refractivity contribution in [2.45, 2.75) is 6.92 Å². The molecule has 8 aromatic rings. The van der Waals surface area contributed by atoms with Gasteiger partial charge in [-0.15, -0.1) is 0 Å². The Morgan fingerprint density at radius 3 is 2.05 bits per heavy atom. The Morgan fingerprint density at radius 2 is 1.28 bits per heavy atom. The van der Waals surface area contributed by atoms with E-state index in [1.54, 1.807) is 0 Å². The van der Waals surface area contributed by atoms with E-state index < -0.39 is 0 Å². The molecule has 4 heterocycles. The summed E-state index contributed by atoms with van der Waals surface area (Å²) in [4.78, 5) is 23.9. The molecule has 0 fully saturated rings. The molecule has 43 heavy (non-hydrogen) atoms. The summed E-state index contributed by atoms with van der Waals surface area (Å²) in [6, 6.07) is 31.3. The zero-order valence-corrected chi connectivity index (χ0v) is 23.5. The SMILES string of the molecule is C=Nc1c(-c2c3ccccc3nc3c2ccc2cccnc23)ccc(-c2ccnc3c2ccc2cccnc23)c1/C=C\C. The van der Waals surface area contributed by atoms with Gasteiger partial charge in [-0.2, -0.15) is 0 Å². The molecule has 0 aliphatic heterocycles. The highest BCUT2D eigenvalue weighted by Gasteiger charge is 2.20. The van der Waals surface area contributed by atoms with Crippen molar-refractivity contribution in [3.63, 3.8) is 0 Å². The molecule has 4 aromatic heterocycles. The van der Waals surface area contributed by atoms with Crippen LogP contribution in [0.1, 0.15) is 12.5 Å². The van der Waals surface area contributed by atoms with Crippen molar-refractivity contribution in [2.75, 3.05) is 0 Å². The van der Waals surface area contributed by atoms with Crippen molar-refractivity contribution in [2.24, 2.45) is 4.99 Å². The number of rotatable bonds is 4. The van der Waals surface area contributed by atoms with Crippen molar-refractivity contribution in [1.29, 1.82) is 0 Å². The molecule has 0 saturated heterocycles.